The summed E-state index contributed by atoms with van der Waals surface area (Å²) in [4.78, 5) is 46.2. The van der Waals surface area contributed by atoms with Gasteiger partial charge in [-0.15, -0.1) is 0 Å². The Kier molecular flexibility index (Phi) is 7.06. The molecule has 26 heavy (non-hydrogen) atoms. The molecule has 1 fully saturated rings. The highest BCUT2D eigenvalue weighted by Gasteiger charge is 2.15. The molecule has 0 aliphatic carbocycles. The second-order valence-electron chi connectivity index (χ2n) is 5.65. The molecule has 0 unspecified atom stereocenters. The van der Waals surface area contributed by atoms with Crippen molar-refractivity contribution >= 4 is 29.4 Å². The number of hydrogen-bond donors (Lipinski definition) is 5. The third-order valence-electron chi connectivity index (χ3n) is 3.53. The first kappa shape index (κ1) is 19.3. The lowest BCUT2D eigenvalue weighted by molar-refractivity contribution is -0.136. The molecule has 5 N–H and O–H groups in total. The molecule has 0 spiro atoms. The maximum absolute atomic E-state index is 12.0. The lowest BCUT2D eigenvalue weighted by Crippen LogP contribution is -2.52. The topological polar surface area (TPSA) is 140 Å². The van der Waals surface area contributed by atoms with Crippen LogP contribution in [0.2, 0.25) is 0 Å². The average Bonchev–Trinajstić information content (AvgIpc) is 2.60. The van der Waals surface area contributed by atoms with Crippen LogP contribution in [0.3, 0.4) is 0 Å². The quantitative estimate of drug-likeness (QED) is 0.382. The summed E-state index contributed by atoms with van der Waals surface area (Å²) in [5, 5.41) is 18.2. The molecular formula is C16H21N5O5. The summed E-state index contributed by atoms with van der Waals surface area (Å²) in [6.45, 7) is 2.37. The van der Waals surface area contributed by atoms with Gasteiger partial charge in [-0.25, -0.2) is 5.01 Å². The van der Waals surface area contributed by atoms with Gasteiger partial charge in [0.25, 0.3) is 5.91 Å². The molecule has 1 aromatic carbocycles. The van der Waals surface area contributed by atoms with Gasteiger partial charge in [-0.2, -0.15) is 0 Å². The number of carbonyl (C=O) groups excluding carboxylic acids is 3. The number of nitrogens with one attached hydrogen (secondary N) is 4. The number of anilines is 1. The van der Waals surface area contributed by atoms with Crippen LogP contribution in [0.1, 0.15) is 16.8 Å². The van der Waals surface area contributed by atoms with E-state index in [0.29, 0.717) is 18.8 Å². The van der Waals surface area contributed by atoms with Gasteiger partial charge in [-0.1, -0.05) is 6.07 Å². The molecule has 0 aromatic heterocycles. The van der Waals surface area contributed by atoms with Crippen LogP contribution in [0.15, 0.2) is 24.3 Å². The minimum Gasteiger partial charge on any atom is -0.480 e. The maximum Gasteiger partial charge on any atom is 0.322 e. The van der Waals surface area contributed by atoms with Gasteiger partial charge in [-0.05, 0) is 18.2 Å². The predicted octanol–water partition coefficient (Wildman–Crippen LogP) is -1.23. The Balaban J connectivity index is 1.84. The number of carboxylic acids is 1. The van der Waals surface area contributed by atoms with Crippen molar-refractivity contribution in [2.75, 3.05) is 38.0 Å². The number of rotatable bonds is 7. The van der Waals surface area contributed by atoms with Crippen LogP contribution >= 0.6 is 0 Å². The zero-order chi connectivity index (χ0) is 18.9. The van der Waals surface area contributed by atoms with Crippen LogP contribution in [0.4, 0.5) is 5.69 Å². The Hall–Kier alpha value is -2.98. The summed E-state index contributed by atoms with van der Waals surface area (Å²) in [6.07, 6.45) is -0.348. The molecule has 1 aliphatic rings. The monoisotopic (exact) mass is 363 g/mol. The lowest BCUT2D eigenvalue weighted by atomic mass is 10.2. The van der Waals surface area contributed by atoms with Crippen molar-refractivity contribution in [2.45, 2.75) is 6.42 Å². The molecule has 1 saturated heterocycles. The summed E-state index contributed by atoms with van der Waals surface area (Å²) in [5.74, 6) is -2.65. The molecule has 1 aliphatic heterocycles. The van der Waals surface area contributed by atoms with Crippen LogP contribution in [-0.2, 0) is 14.4 Å². The van der Waals surface area contributed by atoms with E-state index < -0.39 is 30.2 Å². The van der Waals surface area contributed by atoms with E-state index in [2.05, 4.69) is 21.4 Å². The number of hydrogen-bond acceptors (Lipinski definition) is 6. The zero-order valence-electron chi connectivity index (χ0n) is 14.1. The van der Waals surface area contributed by atoms with Crippen LogP contribution in [0.5, 0.6) is 0 Å². The van der Waals surface area contributed by atoms with Gasteiger partial charge in [-0.3, -0.25) is 24.6 Å². The molecule has 10 nitrogen and oxygen atoms in total. The van der Waals surface area contributed by atoms with Crippen molar-refractivity contribution in [1.29, 1.82) is 0 Å². The van der Waals surface area contributed by atoms with E-state index >= 15 is 0 Å². The van der Waals surface area contributed by atoms with Crippen LogP contribution < -0.4 is 21.4 Å². The van der Waals surface area contributed by atoms with E-state index in [1.54, 1.807) is 17.1 Å². The van der Waals surface area contributed by atoms with Gasteiger partial charge in [0.1, 0.15) is 13.0 Å². The Bertz CT molecular complexity index is 687. The van der Waals surface area contributed by atoms with Crippen molar-refractivity contribution < 1.29 is 24.3 Å². The lowest BCUT2D eigenvalue weighted by Gasteiger charge is -2.27. The fourth-order valence-electron chi connectivity index (χ4n) is 2.34. The van der Waals surface area contributed by atoms with Crippen LogP contribution in [0, 0.1) is 0 Å². The van der Waals surface area contributed by atoms with Gasteiger partial charge in [0.2, 0.25) is 11.8 Å². The van der Waals surface area contributed by atoms with Crippen molar-refractivity contribution in [1.82, 2.24) is 21.1 Å². The molecule has 0 bridgehead atoms. The molecule has 1 heterocycles. The fourth-order valence-corrected chi connectivity index (χ4v) is 2.34. The normalized spacial score (nSPS) is 14.3. The van der Waals surface area contributed by atoms with Crippen LogP contribution in [0.25, 0.3) is 0 Å². The SMILES string of the molecule is O=C(O)CNC(=O)c1cccc(NC(=O)CC(=O)NN2CCNCC2)c1. The van der Waals surface area contributed by atoms with Gasteiger partial charge in [0.05, 0.1) is 0 Å². The maximum atomic E-state index is 12.0. The summed E-state index contributed by atoms with van der Waals surface area (Å²) >= 11 is 0. The molecule has 10 heteroatoms. The highest BCUT2D eigenvalue weighted by Crippen LogP contribution is 2.11. The first-order chi connectivity index (χ1) is 12.4. The second-order valence-corrected chi connectivity index (χ2v) is 5.65. The zero-order valence-corrected chi connectivity index (χ0v) is 14.1. The number of nitrogens with zero attached hydrogens (tertiary/aromatic N) is 1. The number of piperazine rings is 1. The van der Waals surface area contributed by atoms with E-state index in [1.165, 1.54) is 12.1 Å². The molecule has 0 atom stereocenters. The minimum atomic E-state index is -1.15. The highest BCUT2D eigenvalue weighted by atomic mass is 16.4. The highest BCUT2D eigenvalue weighted by molar-refractivity contribution is 6.04. The van der Waals surface area contributed by atoms with Crippen LogP contribution in [-0.4, -0.2) is 66.5 Å². The van der Waals surface area contributed by atoms with Gasteiger partial charge >= 0.3 is 5.97 Å². The molecule has 140 valence electrons. The third kappa shape index (κ3) is 6.49. The van der Waals surface area contributed by atoms with Crippen molar-refractivity contribution in [3.05, 3.63) is 29.8 Å². The van der Waals surface area contributed by atoms with Gasteiger partial charge < -0.3 is 21.1 Å². The van der Waals surface area contributed by atoms with Gasteiger partial charge in [0.15, 0.2) is 0 Å². The number of benzene rings is 1. The van der Waals surface area contributed by atoms with Crippen molar-refractivity contribution in [2.24, 2.45) is 0 Å². The Morgan fingerprint density at radius 1 is 1.12 bits per heavy atom. The molecule has 2 rings (SSSR count). The Morgan fingerprint density at radius 2 is 1.85 bits per heavy atom. The Morgan fingerprint density at radius 3 is 2.54 bits per heavy atom. The molecule has 1 aromatic rings. The van der Waals surface area contributed by atoms with E-state index in [0.717, 1.165) is 13.1 Å². The summed E-state index contributed by atoms with van der Waals surface area (Å²) in [7, 11) is 0. The predicted molar refractivity (Wildman–Crippen MR) is 92.2 cm³/mol. The number of amides is 3. The Labute approximate surface area is 149 Å². The number of hydrazine groups is 1. The number of carboxylic acid groups (broad SMARTS) is 1. The summed E-state index contributed by atoms with van der Waals surface area (Å²) < 4.78 is 0. The van der Waals surface area contributed by atoms with E-state index in [-0.39, 0.29) is 12.0 Å². The minimum absolute atomic E-state index is 0.203. The number of carbonyl (C=O) groups is 4. The third-order valence-corrected chi connectivity index (χ3v) is 3.53. The standard InChI is InChI=1S/C16H21N5O5/c22-13(9-14(23)20-21-6-4-17-5-7-21)19-12-3-1-2-11(8-12)16(26)18-10-15(24)25/h1-3,8,17H,4-7,9-10H2,(H,18,26)(H,19,22)(H,20,23)(H,24,25). The van der Waals surface area contributed by atoms with E-state index in [4.69, 9.17) is 5.11 Å². The van der Waals surface area contributed by atoms with E-state index in [1.807, 2.05) is 0 Å². The second kappa shape index (κ2) is 9.49. The molecule has 0 saturated carbocycles. The fraction of sp³-hybridized carbons (Fsp3) is 0.375. The average molecular weight is 363 g/mol. The summed E-state index contributed by atoms with van der Waals surface area (Å²) in [5.41, 5.74) is 3.21. The summed E-state index contributed by atoms with van der Waals surface area (Å²) in [6, 6.07) is 6.01. The van der Waals surface area contributed by atoms with Gasteiger partial charge in [0, 0.05) is 37.4 Å². The first-order valence-corrected chi connectivity index (χ1v) is 8.09. The largest absolute Gasteiger partial charge is 0.480 e. The van der Waals surface area contributed by atoms with Crippen molar-refractivity contribution in [3.63, 3.8) is 0 Å². The molecular weight excluding hydrogens is 342 g/mol. The number of aliphatic carboxylic acids is 1. The van der Waals surface area contributed by atoms with Crippen molar-refractivity contribution in [3.8, 4) is 0 Å². The smallest absolute Gasteiger partial charge is 0.322 e. The molecule has 0 radical (unpaired) electrons. The molecule has 3 amide bonds. The van der Waals surface area contributed by atoms with E-state index in [9.17, 15) is 19.2 Å². The first-order valence-electron chi connectivity index (χ1n) is 8.09.